The Kier molecular flexibility index (Phi) is 3.54. The van der Waals surface area contributed by atoms with E-state index < -0.39 is 0 Å². The Morgan fingerprint density at radius 3 is 2.67 bits per heavy atom. The van der Waals surface area contributed by atoms with Crippen LogP contribution in [0.15, 0.2) is 16.6 Å². The van der Waals surface area contributed by atoms with E-state index in [1.807, 2.05) is 12.1 Å². The zero-order valence-electron chi connectivity index (χ0n) is 8.69. The first-order valence-corrected chi connectivity index (χ1v) is 6.27. The number of nitrogens with zero attached hydrogens (tertiary/aromatic N) is 1. The highest BCUT2D eigenvalue weighted by molar-refractivity contribution is 9.10. The van der Waals surface area contributed by atoms with Gasteiger partial charge in [-0.05, 0) is 34.5 Å². The summed E-state index contributed by atoms with van der Waals surface area (Å²) < 4.78 is 1.12. The highest BCUT2D eigenvalue weighted by atomic mass is 79.9. The number of hydrogen-bond acceptors (Lipinski definition) is 2. The van der Waals surface area contributed by atoms with Gasteiger partial charge in [0.15, 0.2) is 0 Å². The summed E-state index contributed by atoms with van der Waals surface area (Å²) in [6.07, 6.45) is 0. The molecule has 1 aromatic carbocycles. The molecule has 0 atom stereocenters. The normalized spacial score (nSPS) is 16.9. The SMILES string of the molecule is Cc1ccc(Cl)c(N2CCNCC2)c1Br. The van der Waals surface area contributed by atoms with Gasteiger partial charge in [0.1, 0.15) is 0 Å². The molecular formula is C11H14BrClN2. The molecule has 0 spiro atoms. The van der Waals surface area contributed by atoms with Crippen molar-refractivity contribution in [2.45, 2.75) is 6.92 Å². The molecule has 4 heteroatoms. The van der Waals surface area contributed by atoms with E-state index in [4.69, 9.17) is 11.6 Å². The minimum atomic E-state index is 0.828. The molecule has 2 rings (SSSR count). The van der Waals surface area contributed by atoms with Crippen LogP contribution >= 0.6 is 27.5 Å². The van der Waals surface area contributed by atoms with Crippen molar-refractivity contribution in [2.75, 3.05) is 31.1 Å². The maximum absolute atomic E-state index is 6.24. The molecule has 1 saturated heterocycles. The molecule has 0 bridgehead atoms. The van der Waals surface area contributed by atoms with Crippen LogP contribution < -0.4 is 10.2 Å². The fraction of sp³-hybridized carbons (Fsp3) is 0.455. The number of hydrogen-bond donors (Lipinski definition) is 1. The van der Waals surface area contributed by atoms with Gasteiger partial charge in [-0.25, -0.2) is 0 Å². The van der Waals surface area contributed by atoms with Crippen molar-refractivity contribution in [1.82, 2.24) is 5.32 Å². The van der Waals surface area contributed by atoms with Crippen molar-refractivity contribution in [2.24, 2.45) is 0 Å². The number of piperazine rings is 1. The van der Waals surface area contributed by atoms with Crippen LogP contribution in [-0.4, -0.2) is 26.2 Å². The number of aryl methyl sites for hydroxylation is 1. The predicted molar refractivity (Wildman–Crippen MR) is 69.0 cm³/mol. The Morgan fingerprint density at radius 1 is 1.33 bits per heavy atom. The summed E-state index contributed by atoms with van der Waals surface area (Å²) in [7, 11) is 0. The van der Waals surface area contributed by atoms with Gasteiger partial charge in [-0.15, -0.1) is 0 Å². The van der Waals surface area contributed by atoms with Crippen LogP contribution in [0, 0.1) is 6.92 Å². The fourth-order valence-electron chi connectivity index (χ4n) is 1.82. The number of halogens is 2. The predicted octanol–water partition coefficient (Wildman–Crippen LogP) is 2.82. The monoisotopic (exact) mass is 288 g/mol. The van der Waals surface area contributed by atoms with Crippen LogP contribution in [0.25, 0.3) is 0 Å². The van der Waals surface area contributed by atoms with Gasteiger partial charge in [0.05, 0.1) is 10.7 Å². The van der Waals surface area contributed by atoms with Crippen LogP contribution in [0.5, 0.6) is 0 Å². The third-order valence-corrected chi connectivity index (χ3v) is 4.00. The lowest BCUT2D eigenvalue weighted by molar-refractivity contribution is 0.588. The average molecular weight is 290 g/mol. The first kappa shape index (κ1) is 11.2. The highest BCUT2D eigenvalue weighted by Crippen LogP contribution is 2.36. The maximum Gasteiger partial charge on any atom is 0.0703 e. The van der Waals surface area contributed by atoms with Crippen molar-refractivity contribution in [3.63, 3.8) is 0 Å². The Labute approximate surface area is 104 Å². The lowest BCUT2D eigenvalue weighted by Gasteiger charge is -2.31. The summed E-state index contributed by atoms with van der Waals surface area (Å²) in [6.45, 7) is 6.17. The Morgan fingerprint density at radius 2 is 2.00 bits per heavy atom. The molecule has 0 aliphatic carbocycles. The summed E-state index contributed by atoms with van der Waals surface area (Å²) in [4.78, 5) is 2.33. The van der Waals surface area contributed by atoms with Gasteiger partial charge in [-0.2, -0.15) is 0 Å². The number of anilines is 1. The van der Waals surface area contributed by atoms with Crippen molar-refractivity contribution < 1.29 is 0 Å². The molecule has 1 aliphatic rings. The van der Waals surface area contributed by atoms with Crippen LogP contribution in [0.3, 0.4) is 0 Å². The molecule has 1 aliphatic heterocycles. The van der Waals surface area contributed by atoms with Gasteiger partial charge in [-0.1, -0.05) is 17.7 Å². The molecule has 1 fully saturated rings. The van der Waals surface area contributed by atoms with Crippen LogP contribution in [0.2, 0.25) is 5.02 Å². The second-order valence-corrected chi connectivity index (χ2v) is 4.96. The topological polar surface area (TPSA) is 15.3 Å². The lowest BCUT2D eigenvalue weighted by atomic mass is 10.2. The molecule has 15 heavy (non-hydrogen) atoms. The Balaban J connectivity index is 2.36. The van der Waals surface area contributed by atoms with Gasteiger partial charge in [-0.3, -0.25) is 0 Å². The molecular weight excluding hydrogens is 275 g/mol. The van der Waals surface area contributed by atoms with Gasteiger partial charge in [0.25, 0.3) is 0 Å². The van der Waals surface area contributed by atoms with E-state index in [0.717, 1.165) is 41.4 Å². The summed E-state index contributed by atoms with van der Waals surface area (Å²) in [5.41, 5.74) is 2.37. The van der Waals surface area contributed by atoms with E-state index in [9.17, 15) is 0 Å². The van der Waals surface area contributed by atoms with Crippen molar-refractivity contribution >= 4 is 33.2 Å². The van der Waals surface area contributed by atoms with E-state index in [1.54, 1.807) is 0 Å². The van der Waals surface area contributed by atoms with Crippen LogP contribution in [0.1, 0.15) is 5.56 Å². The minimum absolute atomic E-state index is 0.828. The zero-order chi connectivity index (χ0) is 10.8. The Bertz CT molecular complexity index is 362. The largest absolute Gasteiger partial charge is 0.367 e. The lowest BCUT2D eigenvalue weighted by Crippen LogP contribution is -2.43. The van der Waals surface area contributed by atoms with E-state index in [2.05, 4.69) is 33.1 Å². The molecule has 1 aromatic rings. The third-order valence-electron chi connectivity index (χ3n) is 2.69. The summed E-state index contributed by atoms with van der Waals surface area (Å²) in [5.74, 6) is 0. The van der Waals surface area contributed by atoms with Gasteiger partial charge < -0.3 is 10.2 Å². The molecule has 1 heterocycles. The molecule has 1 N–H and O–H groups in total. The molecule has 0 saturated carbocycles. The van der Waals surface area contributed by atoms with E-state index >= 15 is 0 Å². The second kappa shape index (κ2) is 4.73. The zero-order valence-corrected chi connectivity index (χ0v) is 11.0. The van der Waals surface area contributed by atoms with E-state index in [0.29, 0.717) is 0 Å². The van der Waals surface area contributed by atoms with Crippen LogP contribution in [0.4, 0.5) is 5.69 Å². The fourth-order valence-corrected chi connectivity index (χ4v) is 2.81. The number of benzene rings is 1. The number of nitrogens with one attached hydrogen (secondary N) is 1. The maximum atomic E-state index is 6.24. The van der Waals surface area contributed by atoms with E-state index in [-0.39, 0.29) is 0 Å². The van der Waals surface area contributed by atoms with Gasteiger partial charge in [0, 0.05) is 30.7 Å². The quantitative estimate of drug-likeness (QED) is 0.855. The first-order valence-electron chi connectivity index (χ1n) is 5.10. The van der Waals surface area contributed by atoms with Crippen LogP contribution in [-0.2, 0) is 0 Å². The Hall–Kier alpha value is -0.250. The highest BCUT2D eigenvalue weighted by Gasteiger charge is 2.17. The summed E-state index contributed by atoms with van der Waals surface area (Å²) in [5, 5.41) is 4.17. The van der Waals surface area contributed by atoms with Crippen molar-refractivity contribution in [3.05, 3.63) is 27.2 Å². The smallest absolute Gasteiger partial charge is 0.0703 e. The molecule has 0 unspecified atom stereocenters. The minimum Gasteiger partial charge on any atom is -0.367 e. The first-order chi connectivity index (χ1) is 7.20. The average Bonchev–Trinajstić information content (AvgIpc) is 2.26. The summed E-state index contributed by atoms with van der Waals surface area (Å²) in [6, 6.07) is 4.01. The van der Waals surface area contributed by atoms with Crippen molar-refractivity contribution in [3.8, 4) is 0 Å². The number of rotatable bonds is 1. The standard InChI is InChI=1S/C11H14BrClN2/c1-8-2-3-9(13)11(10(8)12)15-6-4-14-5-7-15/h2-3,14H,4-7H2,1H3. The van der Waals surface area contributed by atoms with Gasteiger partial charge >= 0.3 is 0 Å². The summed E-state index contributed by atoms with van der Waals surface area (Å²) >= 11 is 9.86. The molecule has 0 amide bonds. The van der Waals surface area contributed by atoms with E-state index in [1.165, 1.54) is 5.56 Å². The second-order valence-electron chi connectivity index (χ2n) is 3.76. The third kappa shape index (κ3) is 2.30. The molecule has 0 aromatic heterocycles. The molecule has 2 nitrogen and oxygen atoms in total. The van der Waals surface area contributed by atoms with Crippen molar-refractivity contribution in [1.29, 1.82) is 0 Å². The van der Waals surface area contributed by atoms with Gasteiger partial charge in [0.2, 0.25) is 0 Å². The molecule has 0 radical (unpaired) electrons. The molecule has 82 valence electrons.